The Morgan fingerprint density at radius 1 is 1.35 bits per heavy atom. The number of amides is 1. The van der Waals surface area contributed by atoms with Crippen LogP contribution in [-0.4, -0.2) is 55.0 Å². The molecule has 0 radical (unpaired) electrons. The zero-order chi connectivity index (χ0) is 19.5. The highest BCUT2D eigenvalue weighted by molar-refractivity contribution is 6.03. The van der Waals surface area contributed by atoms with Gasteiger partial charge in [0, 0.05) is 11.8 Å². The average Bonchev–Trinajstić information content (AvgIpc) is 3.14. The van der Waals surface area contributed by atoms with Gasteiger partial charge in [-0.3, -0.25) is 14.4 Å². The third kappa shape index (κ3) is 2.74. The van der Waals surface area contributed by atoms with E-state index in [1.165, 1.54) is 0 Å². The van der Waals surface area contributed by atoms with Crippen molar-refractivity contribution in [2.24, 2.45) is 10.8 Å². The second-order valence-corrected chi connectivity index (χ2v) is 7.57. The number of carbonyl (C=O) groups is 3. The number of nitrogens with one attached hydrogen (secondary N) is 1. The Balaban J connectivity index is 1.74. The maximum absolute atomic E-state index is 12.4. The van der Waals surface area contributed by atoms with Gasteiger partial charge in [-0.2, -0.15) is 13.2 Å². The second-order valence-electron chi connectivity index (χ2n) is 7.57. The first-order valence-corrected chi connectivity index (χ1v) is 8.34. The van der Waals surface area contributed by atoms with E-state index in [0.717, 1.165) is 0 Å². The van der Waals surface area contributed by atoms with Crippen molar-refractivity contribution in [1.29, 1.82) is 0 Å². The molecular formula is C16H20F3NO6. The summed E-state index contributed by atoms with van der Waals surface area (Å²) in [5.41, 5.74) is -2.53. The molecule has 0 aromatic rings. The van der Waals surface area contributed by atoms with Gasteiger partial charge in [-0.1, -0.05) is 20.8 Å². The lowest BCUT2D eigenvalue weighted by atomic mass is 9.73. The van der Waals surface area contributed by atoms with Crippen LogP contribution < -0.4 is 5.32 Å². The zero-order valence-electron chi connectivity index (χ0n) is 14.5. The largest absolute Gasteiger partial charge is 0.456 e. The molecule has 5 atom stereocenters. The highest BCUT2D eigenvalue weighted by Crippen LogP contribution is 2.55. The van der Waals surface area contributed by atoms with Gasteiger partial charge in [0.15, 0.2) is 18.1 Å². The topological polar surface area (TPSA) is 90.9 Å². The molecule has 3 rings (SSSR count). The highest BCUT2D eigenvalue weighted by Gasteiger charge is 2.76. The Bertz CT molecular complexity index is 648. The smallest absolute Gasteiger partial charge is 0.422 e. The molecule has 5 unspecified atom stereocenters. The fraction of sp³-hybridized carbons (Fsp3) is 0.812. The van der Waals surface area contributed by atoms with E-state index in [-0.39, 0.29) is 12.3 Å². The van der Waals surface area contributed by atoms with Crippen LogP contribution in [0.25, 0.3) is 0 Å². The van der Waals surface area contributed by atoms with E-state index in [1.807, 2.05) is 6.92 Å². The summed E-state index contributed by atoms with van der Waals surface area (Å²) in [6.45, 7) is 3.59. The van der Waals surface area contributed by atoms with Gasteiger partial charge in [-0.15, -0.1) is 0 Å². The van der Waals surface area contributed by atoms with Gasteiger partial charge in [0.1, 0.15) is 6.10 Å². The summed E-state index contributed by atoms with van der Waals surface area (Å²) in [6.07, 6.45) is -6.98. The van der Waals surface area contributed by atoms with Gasteiger partial charge in [-0.25, -0.2) is 0 Å². The summed E-state index contributed by atoms with van der Waals surface area (Å²) >= 11 is 0. The van der Waals surface area contributed by atoms with Gasteiger partial charge in [-0.05, 0) is 6.42 Å². The van der Waals surface area contributed by atoms with Crippen LogP contribution in [0.3, 0.4) is 0 Å². The first-order chi connectivity index (χ1) is 11.9. The quantitative estimate of drug-likeness (QED) is 0.568. The number of fused-ring (bicyclic) bond motifs is 1. The Kier molecular flexibility index (Phi) is 4.25. The molecular weight excluding hydrogens is 359 g/mol. The van der Waals surface area contributed by atoms with Crippen molar-refractivity contribution in [2.45, 2.75) is 64.1 Å². The van der Waals surface area contributed by atoms with E-state index in [9.17, 15) is 27.6 Å². The van der Waals surface area contributed by atoms with E-state index >= 15 is 0 Å². The Hall–Kier alpha value is -1.84. The fourth-order valence-electron chi connectivity index (χ4n) is 3.56. The number of hydrogen-bond donors (Lipinski definition) is 1. The van der Waals surface area contributed by atoms with Crippen LogP contribution in [0.2, 0.25) is 0 Å². The maximum Gasteiger partial charge on any atom is 0.422 e. The monoisotopic (exact) mass is 379 g/mol. The molecule has 1 N–H and O–H groups in total. The molecule has 3 saturated heterocycles. The molecule has 0 saturated carbocycles. The van der Waals surface area contributed by atoms with Crippen molar-refractivity contribution in [3.8, 4) is 0 Å². The lowest BCUT2D eigenvalue weighted by Gasteiger charge is -2.30. The van der Waals surface area contributed by atoms with E-state index < -0.39 is 59.9 Å². The molecule has 0 aromatic heterocycles. The minimum atomic E-state index is -4.70. The predicted octanol–water partition coefficient (Wildman–Crippen LogP) is 1.10. The number of carbonyl (C=O) groups excluding carboxylic acids is 3. The van der Waals surface area contributed by atoms with Crippen LogP contribution in [0.5, 0.6) is 0 Å². The minimum absolute atomic E-state index is 0.179. The third-order valence-corrected chi connectivity index (χ3v) is 5.52. The first-order valence-electron chi connectivity index (χ1n) is 8.34. The van der Waals surface area contributed by atoms with Crippen molar-refractivity contribution in [1.82, 2.24) is 5.32 Å². The molecule has 10 heteroatoms. The Morgan fingerprint density at radius 3 is 2.58 bits per heavy atom. The van der Waals surface area contributed by atoms with Crippen molar-refractivity contribution in [3.63, 3.8) is 0 Å². The summed E-state index contributed by atoms with van der Waals surface area (Å²) in [7, 11) is 0. The normalized spacial score (nSPS) is 35.4. The van der Waals surface area contributed by atoms with Crippen LogP contribution in [0.15, 0.2) is 0 Å². The van der Waals surface area contributed by atoms with Crippen molar-refractivity contribution in [2.75, 3.05) is 6.61 Å². The molecule has 1 amide bonds. The van der Waals surface area contributed by atoms with E-state index in [4.69, 9.17) is 9.47 Å². The molecule has 3 aliphatic rings. The molecule has 7 nitrogen and oxygen atoms in total. The summed E-state index contributed by atoms with van der Waals surface area (Å²) in [5.74, 6) is -2.52. The summed E-state index contributed by atoms with van der Waals surface area (Å²) < 4.78 is 52.0. The van der Waals surface area contributed by atoms with Gasteiger partial charge >= 0.3 is 18.1 Å². The van der Waals surface area contributed by atoms with E-state index in [1.54, 1.807) is 13.8 Å². The molecule has 2 bridgehead atoms. The van der Waals surface area contributed by atoms with Crippen LogP contribution in [0.1, 0.15) is 33.6 Å². The van der Waals surface area contributed by atoms with Crippen molar-refractivity contribution >= 4 is 17.8 Å². The lowest BCUT2D eigenvalue weighted by molar-refractivity contribution is -0.195. The molecule has 3 heterocycles. The van der Waals surface area contributed by atoms with Crippen molar-refractivity contribution in [3.05, 3.63) is 0 Å². The highest BCUT2D eigenvalue weighted by atomic mass is 19.4. The molecule has 0 spiro atoms. The van der Waals surface area contributed by atoms with Gasteiger partial charge in [0.2, 0.25) is 5.91 Å². The van der Waals surface area contributed by atoms with Crippen LogP contribution in [-0.2, 0) is 28.6 Å². The van der Waals surface area contributed by atoms with E-state index in [0.29, 0.717) is 6.42 Å². The lowest BCUT2D eigenvalue weighted by Crippen LogP contribution is -2.55. The standard InChI is InChI=1S/C16H20F3NO6/c1-4-14(2,3)11(21)20-8-7-5-15(12(22)24-6-16(17,18)19)10(25-7)9(8)26-13(15)23/h7-10H,4-6H2,1-3H3,(H,20,21). The predicted molar refractivity (Wildman–Crippen MR) is 78.6 cm³/mol. The summed E-state index contributed by atoms with van der Waals surface area (Å²) in [4.78, 5) is 36.9. The summed E-state index contributed by atoms with van der Waals surface area (Å²) in [5, 5.41) is 2.79. The van der Waals surface area contributed by atoms with Crippen LogP contribution in [0, 0.1) is 10.8 Å². The summed E-state index contributed by atoms with van der Waals surface area (Å²) in [6, 6.07) is -0.645. The number of rotatable bonds is 5. The number of hydrogen-bond acceptors (Lipinski definition) is 6. The number of alkyl halides is 3. The number of esters is 2. The van der Waals surface area contributed by atoms with Crippen molar-refractivity contribution < 1.29 is 41.8 Å². The molecule has 26 heavy (non-hydrogen) atoms. The molecule has 3 aliphatic heterocycles. The van der Waals surface area contributed by atoms with E-state index in [2.05, 4.69) is 10.1 Å². The Labute approximate surface area is 147 Å². The third-order valence-electron chi connectivity index (χ3n) is 5.52. The first kappa shape index (κ1) is 18.9. The zero-order valence-corrected chi connectivity index (χ0v) is 14.5. The van der Waals surface area contributed by atoms with Gasteiger partial charge in [0.05, 0.1) is 12.1 Å². The number of halogens is 3. The molecule has 0 aromatic carbocycles. The SMILES string of the molecule is CCC(C)(C)C(=O)NC1C2CC3(C(=O)OCC(F)(F)F)C(=O)OC1C3O2. The average molecular weight is 379 g/mol. The van der Waals surface area contributed by atoms with Crippen LogP contribution in [0.4, 0.5) is 13.2 Å². The van der Waals surface area contributed by atoms with Gasteiger partial charge in [0.25, 0.3) is 0 Å². The molecule has 0 aliphatic carbocycles. The van der Waals surface area contributed by atoms with Gasteiger partial charge < -0.3 is 19.5 Å². The van der Waals surface area contributed by atoms with Crippen LogP contribution >= 0.6 is 0 Å². The minimum Gasteiger partial charge on any atom is -0.456 e. The number of ether oxygens (including phenoxy) is 3. The maximum atomic E-state index is 12.4. The molecule has 3 fully saturated rings. The fourth-order valence-corrected chi connectivity index (χ4v) is 3.56. The molecule has 146 valence electrons. The Morgan fingerprint density at radius 2 is 2.00 bits per heavy atom. The second kappa shape index (κ2) is 5.83.